The average Bonchev–Trinajstić information content (AvgIpc) is 2.66. The molecule has 0 spiro atoms. The Morgan fingerprint density at radius 1 is 1.87 bits per heavy atom. The van der Waals surface area contributed by atoms with Crippen molar-refractivity contribution in [2.75, 3.05) is 0 Å². The maximum Gasteiger partial charge on any atom is 0.270 e. The molecule has 82 valence electrons. The van der Waals surface area contributed by atoms with E-state index in [1.165, 1.54) is 11.3 Å². The summed E-state index contributed by atoms with van der Waals surface area (Å²) in [4.78, 5) is 15.7. The molecule has 1 heterocycles. The van der Waals surface area contributed by atoms with E-state index >= 15 is 0 Å². The molecule has 0 aliphatic rings. The number of hydrogen-bond acceptors (Lipinski definition) is 4. The molecule has 0 saturated carbocycles. The topological polar surface area (TPSA) is 68.0 Å². The van der Waals surface area contributed by atoms with Crippen LogP contribution in [0.5, 0.6) is 0 Å². The van der Waals surface area contributed by atoms with E-state index in [4.69, 9.17) is 5.73 Å². The van der Waals surface area contributed by atoms with Crippen molar-refractivity contribution in [3.63, 3.8) is 0 Å². The number of amides is 1. The van der Waals surface area contributed by atoms with E-state index < -0.39 is 0 Å². The molecule has 0 aliphatic heterocycles. The Kier molecular flexibility index (Phi) is 4.45. The van der Waals surface area contributed by atoms with E-state index in [1.54, 1.807) is 11.5 Å². The Morgan fingerprint density at radius 2 is 2.60 bits per heavy atom. The van der Waals surface area contributed by atoms with Crippen molar-refractivity contribution in [1.82, 2.24) is 10.3 Å². The average molecular weight is 225 g/mol. The quantitative estimate of drug-likeness (QED) is 0.742. The Morgan fingerprint density at radius 3 is 3.13 bits per heavy atom. The lowest BCUT2D eigenvalue weighted by atomic mass is 10.2. The van der Waals surface area contributed by atoms with Gasteiger partial charge in [0.2, 0.25) is 0 Å². The number of carbonyl (C=O) groups excluding carboxylic acids is 1. The summed E-state index contributed by atoms with van der Waals surface area (Å²) in [6.45, 7) is 5.92. The SMILES string of the molecule is C=CCC(C)NC(=O)c1csc(CN)n1. The van der Waals surface area contributed by atoms with Crippen LogP contribution in [0.4, 0.5) is 0 Å². The molecule has 0 fully saturated rings. The molecule has 1 unspecified atom stereocenters. The molecule has 5 heteroatoms. The highest BCUT2D eigenvalue weighted by molar-refractivity contribution is 7.09. The number of rotatable bonds is 5. The zero-order valence-electron chi connectivity index (χ0n) is 8.69. The fourth-order valence-corrected chi connectivity index (χ4v) is 1.77. The summed E-state index contributed by atoms with van der Waals surface area (Å²) in [6.07, 6.45) is 2.52. The van der Waals surface area contributed by atoms with Crippen molar-refractivity contribution >= 4 is 17.2 Å². The van der Waals surface area contributed by atoms with Gasteiger partial charge in [-0.05, 0) is 13.3 Å². The monoisotopic (exact) mass is 225 g/mol. The maximum absolute atomic E-state index is 11.6. The number of nitrogens with zero attached hydrogens (tertiary/aromatic N) is 1. The van der Waals surface area contributed by atoms with E-state index in [2.05, 4.69) is 16.9 Å². The molecule has 15 heavy (non-hydrogen) atoms. The van der Waals surface area contributed by atoms with E-state index in [9.17, 15) is 4.79 Å². The first-order chi connectivity index (χ1) is 7.17. The zero-order chi connectivity index (χ0) is 11.3. The lowest BCUT2D eigenvalue weighted by Gasteiger charge is -2.09. The second kappa shape index (κ2) is 5.63. The van der Waals surface area contributed by atoms with Gasteiger partial charge in [0.05, 0.1) is 0 Å². The van der Waals surface area contributed by atoms with Gasteiger partial charge >= 0.3 is 0 Å². The van der Waals surface area contributed by atoms with Gasteiger partial charge in [0.1, 0.15) is 10.7 Å². The highest BCUT2D eigenvalue weighted by Crippen LogP contribution is 2.08. The van der Waals surface area contributed by atoms with Gasteiger partial charge in [-0.1, -0.05) is 6.08 Å². The zero-order valence-corrected chi connectivity index (χ0v) is 9.51. The normalized spacial score (nSPS) is 12.1. The van der Waals surface area contributed by atoms with Crippen molar-refractivity contribution < 1.29 is 4.79 Å². The fourth-order valence-electron chi connectivity index (χ4n) is 1.12. The molecular weight excluding hydrogens is 210 g/mol. The van der Waals surface area contributed by atoms with Crippen LogP contribution in [-0.2, 0) is 6.54 Å². The lowest BCUT2D eigenvalue weighted by Crippen LogP contribution is -2.32. The third-order valence-corrected chi connectivity index (χ3v) is 2.73. The predicted octanol–water partition coefficient (Wildman–Crippen LogP) is 1.30. The summed E-state index contributed by atoms with van der Waals surface area (Å²) < 4.78 is 0. The molecule has 1 aromatic heterocycles. The summed E-state index contributed by atoms with van der Waals surface area (Å²) in [5.41, 5.74) is 5.86. The van der Waals surface area contributed by atoms with Crippen molar-refractivity contribution in [1.29, 1.82) is 0 Å². The number of hydrogen-bond donors (Lipinski definition) is 2. The van der Waals surface area contributed by atoms with Crippen LogP contribution < -0.4 is 11.1 Å². The van der Waals surface area contributed by atoms with E-state index in [0.29, 0.717) is 12.2 Å². The number of carbonyl (C=O) groups is 1. The minimum absolute atomic E-state index is 0.0815. The van der Waals surface area contributed by atoms with Crippen LogP contribution in [0.15, 0.2) is 18.0 Å². The van der Waals surface area contributed by atoms with Crippen LogP contribution >= 0.6 is 11.3 Å². The highest BCUT2D eigenvalue weighted by Gasteiger charge is 2.11. The molecule has 0 saturated heterocycles. The Balaban J connectivity index is 2.56. The van der Waals surface area contributed by atoms with Gasteiger partial charge in [-0.15, -0.1) is 17.9 Å². The number of aromatic nitrogens is 1. The van der Waals surface area contributed by atoms with Crippen LogP contribution in [0, 0.1) is 0 Å². The molecule has 1 amide bonds. The largest absolute Gasteiger partial charge is 0.348 e. The summed E-state index contributed by atoms with van der Waals surface area (Å²) in [5, 5.41) is 5.32. The highest BCUT2D eigenvalue weighted by atomic mass is 32.1. The molecule has 4 nitrogen and oxygen atoms in total. The van der Waals surface area contributed by atoms with Gasteiger partial charge in [0.15, 0.2) is 0 Å². The van der Waals surface area contributed by atoms with Crippen LogP contribution in [0.3, 0.4) is 0 Å². The molecule has 0 aliphatic carbocycles. The predicted molar refractivity (Wildman–Crippen MR) is 61.7 cm³/mol. The second-order valence-electron chi connectivity index (χ2n) is 3.23. The van der Waals surface area contributed by atoms with Crippen molar-refractivity contribution in [2.45, 2.75) is 25.9 Å². The molecule has 3 N–H and O–H groups in total. The van der Waals surface area contributed by atoms with Crippen molar-refractivity contribution in [3.05, 3.63) is 28.7 Å². The lowest BCUT2D eigenvalue weighted by molar-refractivity contribution is 0.0936. The minimum atomic E-state index is -0.152. The standard InChI is InChI=1S/C10H15N3OS/c1-3-4-7(2)12-10(14)8-6-15-9(5-11)13-8/h3,6-7H,1,4-5,11H2,2H3,(H,12,14). The van der Waals surface area contributed by atoms with Gasteiger partial charge < -0.3 is 11.1 Å². The third-order valence-electron chi connectivity index (χ3n) is 1.86. The summed E-state index contributed by atoms with van der Waals surface area (Å²) in [5.74, 6) is -0.152. The molecule has 0 bridgehead atoms. The van der Waals surface area contributed by atoms with E-state index in [-0.39, 0.29) is 11.9 Å². The number of nitrogens with two attached hydrogens (primary N) is 1. The Bertz CT molecular complexity index is 348. The minimum Gasteiger partial charge on any atom is -0.348 e. The van der Waals surface area contributed by atoms with Gasteiger partial charge in [-0.2, -0.15) is 0 Å². The maximum atomic E-state index is 11.6. The van der Waals surface area contributed by atoms with Crippen molar-refractivity contribution in [2.24, 2.45) is 5.73 Å². The molecule has 1 aromatic rings. The first-order valence-electron chi connectivity index (χ1n) is 4.73. The third kappa shape index (κ3) is 3.45. The van der Waals surface area contributed by atoms with Gasteiger partial charge in [-0.25, -0.2) is 4.98 Å². The van der Waals surface area contributed by atoms with Crippen LogP contribution in [-0.4, -0.2) is 16.9 Å². The van der Waals surface area contributed by atoms with Gasteiger partial charge in [0, 0.05) is 18.0 Å². The summed E-state index contributed by atoms with van der Waals surface area (Å²) in [7, 11) is 0. The Labute approximate surface area is 93.2 Å². The van der Waals surface area contributed by atoms with Crippen LogP contribution in [0.2, 0.25) is 0 Å². The second-order valence-corrected chi connectivity index (χ2v) is 4.17. The molecule has 1 rings (SSSR count). The number of thiazole rings is 1. The fraction of sp³-hybridized carbons (Fsp3) is 0.400. The van der Waals surface area contributed by atoms with Gasteiger partial charge in [-0.3, -0.25) is 4.79 Å². The van der Waals surface area contributed by atoms with Crippen molar-refractivity contribution in [3.8, 4) is 0 Å². The summed E-state index contributed by atoms with van der Waals surface area (Å²) >= 11 is 1.40. The number of nitrogens with one attached hydrogen (secondary N) is 1. The summed E-state index contributed by atoms with van der Waals surface area (Å²) in [6, 6.07) is 0.0815. The smallest absolute Gasteiger partial charge is 0.270 e. The molecule has 0 aromatic carbocycles. The van der Waals surface area contributed by atoms with Crippen LogP contribution in [0.25, 0.3) is 0 Å². The Hall–Kier alpha value is -1.20. The first-order valence-corrected chi connectivity index (χ1v) is 5.61. The first kappa shape index (κ1) is 11.9. The molecule has 1 atom stereocenters. The van der Waals surface area contributed by atoms with E-state index in [0.717, 1.165) is 11.4 Å². The van der Waals surface area contributed by atoms with E-state index in [1.807, 2.05) is 6.92 Å². The molecule has 0 radical (unpaired) electrons. The molecular formula is C10H15N3OS. The van der Waals surface area contributed by atoms with Crippen LogP contribution in [0.1, 0.15) is 28.8 Å². The van der Waals surface area contributed by atoms with Gasteiger partial charge in [0.25, 0.3) is 5.91 Å².